The van der Waals surface area contributed by atoms with Gasteiger partial charge in [0.2, 0.25) is 0 Å². The highest BCUT2D eigenvalue weighted by Gasteiger charge is 2.49. The van der Waals surface area contributed by atoms with Crippen molar-refractivity contribution in [2.75, 3.05) is 19.5 Å². The highest BCUT2D eigenvalue weighted by atomic mass is 35.5. The van der Waals surface area contributed by atoms with Crippen LogP contribution in [0.15, 0.2) is 158 Å². The van der Waals surface area contributed by atoms with Crippen molar-refractivity contribution in [3.8, 4) is 0 Å². The Hall–Kier alpha value is -4.68. The molecule has 8 nitrogen and oxygen atoms in total. The molecule has 0 unspecified atom stereocenters. The highest BCUT2D eigenvalue weighted by molar-refractivity contribution is 7.85. The molecule has 1 aliphatic rings. The molecule has 62 heavy (non-hydrogen) atoms. The van der Waals surface area contributed by atoms with Crippen LogP contribution >= 0.6 is 11.6 Å². The van der Waals surface area contributed by atoms with Gasteiger partial charge in [-0.25, -0.2) is 0 Å². The SMILES string of the molecule is CCc1ccc(Cc2cc([C@@H]3O[C@H](COCc4ccccc4)[C@@H](OCc4ccccc4)[C@H](OCc4ccccc4)[C@H]3OCc3ccccc3)c(CCOS(C)(=O)=O)cc2Cl)cc1. The first-order chi connectivity index (χ1) is 30.2. The fraction of sp³-hybridized carbons (Fsp3) is 0.308. The van der Waals surface area contributed by atoms with Crippen LogP contribution in [0.5, 0.6) is 0 Å². The highest BCUT2D eigenvalue weighted by Crippen LogP contribution is 2.41. The van der Waals surface area contributed by atoms with Crippen molar-refractivity contribution in [1.82, 2.24) is 0 Å². The van der Waals surface area contributed by atoms with Crippen LogP contribution in [0.1, 0.15) is 63.1 Å². The van der Waals surface area contributed by atoms with E-state index in [1.165, 1.54) is 5.56 Å². The number of ether oxygens (including phenoxy) is 5. The lowest BCUT2D eigenvalue weighted by Crippen LogP contribution is -2.58. The fourth-order valence-electron chi connectivity index (χ4n) is 7.75. The topological polar surface area (TPSA) is 89.5 Å². The normalized spacial score (nSPS) is 19.0. The van der Waals surface area contributed by atoms with Crippen LogP contribution in [0.4, 0.5) is 0 Å². The number of hydrogen-bond acceptors (Lipinski definition) is 8. The van der Waals surface area contributed by atoms with Crippen LogP contribution < -0.4 is 0 Å². The zero-order valence-corrected chi connectivity index (χ0v) is 36.9. The summed E-state index contributed by atoms with van der Waals surface area (Å²) in [4.78, 5) is 0. The van der Waals surface area contributed by atoms with Crippen LogP contribution in [-0.4, -0.2) is 52.3 Å². The van der Waals surface area contributed by atoms with Gasteiger partial charge in [-0.1, -0.05) is 170 Å². The van der Waals surface area contributed by atoms with Crippen LogP contribution in [0.2, 0.25) is 5.02 Å². The average Bonchev–Trinajstić information content (AvgIpc) is 3.29. The summed E-state index contributed by atoms with van der Waals surface area (Å²) < 4.78 is 64.4. The summed E-state index contributed by atoms with van der Waals surface area (Å²) in [6, 6.07) is 52.7. The summed E-state index contributed by atoms with van der Waals surface area (Å²) in [5.41, 5.74) is 8.84. The van der Waals surface area contributed by atoms with E-state index in [4.69, 9.17) is 39.5 Å². The van der Waals surface area contributed by atoms with E-state index in [-0.39, 0.29) is 26.2 Å². The van der Waals surface area contributed by atoms with E-state index < -0.39 is 40.6 Å². The minimum Gasteiger partial charge on any atom is -0.374 e. The molecule has 0 aromatic heterocycles. The lowest BCUT2D eigenvalue weighted by molar-refractivity contribution is -0.275. The summed E-state index contributed by atoms with van der Waals surface area (Å²) in [7, 11) is -3.71. The maximum absolute atomic E-state index is 12.2. The van der Waals surface area contributed by atoms with Gasteiger partial charge >= 0.3 is 0 Å². The molecule has 0 N–H and O–H groups in total. The van der Waals surface area contributed by atoms with Crippen molar-refractivity contribution < 1.29 is 36.3 Å². The average molecular weight is 876 g/mol. The van der Waals surface area contributed by atoms with Crippen molar-refractivity contribution in [1.29, 1.82) is 0 Å². The molecule has 1 aliphatic heterocycles. The van der Waals surface area contributed by atoms with E-state index in [2.05, 4.69) is 37.3 Å². The zero-order chi connectivity index (χ0) is 43.2. The number of halogens is 1. The molecule has 6 aromatic rings. The number of benzene rings is 6. The van der Waals surface area contributed by atoms with Gasteiger partial charge in [0.1, 0.15) is 30.5 Å². The van der Waals surface area contributed by atoms with Gasteiger partial charge in [-0.05, 0) is 75.4 Å². The molecule has 10 heteroatoms. The lowest BCUT2D eigenvalue weighted by atomic mass is 9.86. The Bertz CT molecular complexity index is 2370. The van der Waals surface area contributed by atoms with Gasteiger partial charge in [0.25, 0.3) is 10.1 Å². The van der Waals surface area contributed by atoms with Crippen molar-refractivity contribution in [3.63, 3.8) is 0 Å². The third-order valence-electron chi connectivity index (χ3n) is 11.0. The minimum absolute atomic E-state index is 0.0807. The van der Waals surface area contributed by atoms with Gasteiger partial charge in [0, 0.05) is 5.02 Å². The van der Waals surface area contributed by atoms with Crippen molar-refractivity contribution >= 4 is 21.7 Å². The molecular weight excluding hydrogens is 820 g/mol. The first-order valence-electron chi connectivity index (χ1n) is 21.2. The molecule has 1 saturated heterocycles. The third kappa shape index (κ3) is 13.2. The molecular formula is C52H55ClO8S. The Balaban J connectivity index is 1.33. The molecule has 1 fully saturated rings. The molecule has 5 atom stereocenters. The van der Waals surface area contributed by atoms with Crippen molar-refractivity contribution in [3.05, 3.63) is 213 Å². The Morgan fingerprint density at radius 1 is 0.565 bits per heavy atom. The zero-order valence-electron chi connectivity index (χ0n) is 35.3. The van der Waals surface area contributed by atoms with Crippen LogP contribution in [0, 0.1) is 0 Å². The van der Waals surface area contributed by atoms with Crippen LogP contribution in [-0.2, 0) is 83.7 Å². The van der Waals surface area contributed by atoms with E-state index >= 15 is 0 Å². The van der Waals surface area contributed by atoms with E-state index in [9.17, 15) is 8.42 Å². The lowest BCUT2D eigenvalue weighted by Gasteiger charge is -2.47. The number of rotatable bonds is 21. The molecule has 0 aliphatic carbocycles. The van der Waals surface area contributed by atoms with Gasteiger partial charge in [0.05, 0.1) is 45.9 Å². The second-order valence-electron chi connectivity index (χ2n) is 15.6. The van der Waals surface area contributed by atoms with E-state index in [1.807, 2.05) is 127 Å². The Morgan fingerprint density at radius 3 is 1.56 bits per heavy atom. The van der Waals surface area contributed by atoms with Gasteiger partial charge < -0.3 is 23.7 Å². The summed E-state index contributed by atoms with van der Waals surface area (Å²) in [6.45, 7) is 3.49. The second kappa shape index (κ2) is 22.6. The standard InChI is InChI=1S/C52H55ClO8S/c1-3-38-24-26-39(27-25-38)30-45-31-46(44(32-47(45)53)28-29-60-62(2,54)55)49-51(58-35-42-20-12-6-13-21-42)52(59-36-43-22-14-7-15-23-43)50(57-34-41-18-10-5-11-19-41)48(61-49)37-56-33-40-16-8-4-9-17-40/h4-27,31-32,48-52H,3,28-30,33-37H2,1-2H3/t48-,49+,50-,51+,52+/m1/s1. The third-order valence-corrected chi connectivity index (χ3v) is 11.9. The molecule has 0 saturated carbocycles. The van der Waals surface area contributed by atoms with E-state index in [0.717, 1.165) is 57.2 Å². The predicted octanol–water partition coefficient (Wildman–Crippen LogP) is 10.4. The molecule has 0 spiro atoms. The first-order valence-corrected chi connectivity index (χ1v) is 23.4. The van der Waals surface area contributed by atoms with Gasteiger partial charge in [-0.2, -0.15) is 8.42 Å². The quantitative estimate of drug-likeness (QED) is 0.0661. The van der Waals surface area contributed by atoms with E-state index in [1.54, 1.807) is 0 Å². The minimum atomic E-state index is -3.71. The predicted molar refractivity (Wildman–Crippen MR) is 243 cm³/mol. The summed E-state index contributed by atoms with van der Waals surface area (Å²) in [5.74, 6) is 0. The van der Waals surface area contributed by atoms with E-state index in [0.29, 0.717) is 31.3 Å². The number of hydrogen-bond donors (Lipinski definition) is 0. The number of aryl methyl sites for hydroxylation is 1. The van der Waals surface area contributed by atoms with Crippen LogP contribution in [0.3, 0.4) is 0 Å². The second-order valence-corrected chi connectivity index (χ2v) is 17.7. The summed E-state index contributed by atoms with van der Waals surface area (Å²) >= 11 is 7.12. The largest absolute Gasteiger partial charge is 0.374 e. The fourth-order valence-corrected chi connectivity index (χ4v) is 8.39. The molecule has 0 amide bonds. The van der Waals surface area contributed by atoms with Gasteiger partial charge in [0.15, 0.2) is 0 Å². The maximum atomic E-state index is 12.2. The Morgan fingerprint density at radius 2 is 1.05 bits per heavy atom. The Kier molecular flexibility index (Phi) is 16.5. The molecule has 0 radical (unpaired) electrons. The van der Waals surface area contributed by atoms with Gasteiger partial charge in [-0.15, -0.1) is 0 Å². The van der Waals surface area contributed by atoms with Gasteiger partial charge in [-0.3, -0.25) is 4.18 Å². The first kappa shape index (κ1) is 45.3. The monoisotopic (exact) mass is 874 g/mol. The Labute approximate surface area is 371 Å². The van der Waals surface area contributed by atoms with Crippen LogP contribution in [0.25, 0.3) is 0 Å². The summed E-state index contributed by atoms with van der Waals surface area (Å²) in [6.07, 6.45) is -0.541. The van der Waals surface area contributed by atoms with Crippen molar-refractivity contribution in [2.24, 2.45) is 0 Å². The smallest absolute Gasteiger partial charge is 0.264 e. The molecule has 0 bridgehead atoms. The molecule has 1 heterocycles. The molecule has 7 rings (SSSR count). The maximum Gasteiger partial charge on any atom is 0.264 e. The van der Waals surface area contributed by atoms with Crippen molar-refractivity contribution in [2.45, 2.75) is 83.1 Å². The molecule has 324 valence electrons. The summed E-state index contributed by atoms with van der Waals surface area (Å²) in [5, 5.41) is 0.559. The molecule has 6 aromatic carbocycles.